The largest absolute Gasteiger partial charge is 0.340 e. The normalized spacial score (nSPS) is 23.3. The number of allylic oxidation sites excluding steroid dienone is 8. The molecule has 2 heteroatoms. The van der Waals surface area contributed by atoms with Crippen molar-refractivity contribution in [2.24, 2.45) is 10.9 Å². The lowest BCUT2D eigenvalue weighted by molar-refractivity contribution is 0.233. The van der Waals surface area contributed by atoms with Crippen LogP contribution in [-0.4, -0.2) is 5.84 Å². The molecule has 12 rings (SSSR count). The van der Waals surface area contributed by atoms with Crippen LogP contribution in [0.1, 0.15) is 115 Å². The number of hydrogen-bond donors (Lipinski definition) is 1. The molecule has 4 atom stereocenters. The third-order valence-electron chi connectivity index (χ3n) is 15.5. The molecule has 6 aromatic rings. The van der Waals surface area contributed by atoms with E-state index in [1.54, 1.807) is 11.1 Å². The Morgan fingerprint density at radius 2 is 1.32 bits per heavy atom. The predicted molar refractivity (Wildman–Crippen MR) is 263 cm³/mol. The molecule has 0 radical (unpaired) electrons. The molecule has 0 bridgehead atoms. The average Bonchev–Trinajstić information content (AvgIpc) is 3.74. The van der Waals surface area contributed by atoms with E-state index >= 15 is 0 Å². The van der Waals surface area contributed by atoms with Crippen molar-refractivity contribution in [3.8, 4) is 22.3 Å². The van der Waals surface area contributed by atoms with Crippen LogP contribution in [0.5, 0.6) is 0 Å². The van der Waals surface area contributed by atoms with E-state index in [4.69, 9.17) is 4.99 Å². The quantitative estimate of drug-likeness (QED) is 0.178. The Morgan fingerprint density at radius 3 is 2.14 bits per heavy atom. The minimum atomic E-state index is -0.147. The highest BCUT2D eigenvalue weighted by molar-refractivity contribution is 6.05. The summed E-state index contributed by atoms with van der Waals surface area (Å²) in [4.78, 5) is 5.35. The highest BCUT2D eigenvalue weighted by Gasteiger charge is 2.54. The first-order chi connectivity index (χ1) is 30.9. The number of amidine groups is 1. The van der Waals surface area contributed by atoms with Crippen LogP contribution in [0.15, 0.2) is 199 Å². The van der Waals surface area contributed by atoms with Gasteiger partial charge in [0.05, 0.1) is 6.04 Å². The molecule has 0 saturated heterocycles. The standard InChI is InChI=1S/C61H54N2/c1-60(2)53-28-16-26-48(58(53)51-38-55-50(37-54(51)60)49-25-10-11-27-52(49)61(55)33-12-5-13-34-61)46-23-14-21-44(35-46)45-22-15-24-47(36-45)57-39-56(62-59(63-57)43-19-8-4-9-20-43)42-31-29-41(30-32-42)40-17-6-3-7-18-40/h3-4,6-11,14-17,19-32,35-40,50,55,57H,5,12-13,18,33-34H2,1-2H3,(H,62,63). The number of rotatable bonds is 6. The Bertz CT molecular complexity index is 2960. The molecular formula is C61H54N2. The van der Waals surface area contributed by atoms with Crippen molar-refractivity contribution < 1.29 is 0 Å². The number of benzene rings is 6. The van der Waals surface area contributed by atoms with Gasteiger partial charge < -0.3 is 5.32 Å². The zero-order valence-corrected chi connectivity index (χ0v) is 36.4. The molecule has 0 aromatic heterocycles. The summed E-state index contributed by atoms with van der Waals surface area (Å²) in [6, 6.07) is 54.3. The van der Waals surface area contributed by atoms with Crippen LogP contribution >= 0.6 is 0 Å². The van der Waals surface area contributed by atoms with Crippen molar-refractivity contribution in [1.82, 2.24) is 5.32 Å². The van der Waals surface area contributed by atoms with Crippen LogP contribution in [0.2, 0.25) is 0 Å². The zero-order chi connectivity index (χ0) is 42.1. The van der Waals surface area contributed by atoms with E-state index in [1.165, 1.54) is 87.8 Å². The molecule has 6 aliphatic rings. The first-order valence-electron chi connectivity index (χ1n) is 23.4. The van der Waals surface area contributed by atoms with Crippen molar-refractivity contribution in [1.29, 1.82) is 0 Å². The maximum atomic E-state index is 5.35. The minimum absolute atomic E-state index is 0.0714. The number of hydrogen-bond acceptors (Lipinski definition) is 2. The van der Waals surface area contributed by atoms with Gasteiger partial charge in [-0.1, -0.05) is 203 Å². The van der Waals surface area contributed by atoms with Crippen LogP contribution in [0.4, 0.5) is 0 Å². The van der Waals surface area contributed by atoms with E-state index in [0.717, 1.165) is 29.1 Å². The van der Waals surface area contributed by atoms with Crippen LogP contribution < -0.4 is 5.32 Å². The summed E-state index contributed by atoms with van der Waals surface area (Å²) in [7, 11) is 0. The maximum absolute atomic E-state index is 5.35. The second-order valence-corrected chi connectivity index (χ2v) is 19.3. The first kappa shape index (κ1) is 38.2. The average molecular weight is 815 g/mol. The minimum Gasteiger partial charge on any atom is -0.340 e. The second kappa shape index (κ2) is 15.1. The highest BCUT2D eigenvalue weighted by atomic mass is 15.0. The summed E-state index contributed by atoms with van der Waals surface area (Å²) >= 11 is 0. The Morgan fingerprint density at radius 1 is 0.587 bits per heavy atom. The van der Waals surface area contributed by atoms with E-state index in [1.807, 2.05) is 0 Å². The van der Waals surface area contributed by atoms with Crippen LogP contribution in [-0.2, 0) is 10.8 Å². The predicted octanol–water partition coefficient (Wildman–Crippen LogP) is 15.0. The third kappa shape index (κ3) is 6.32. The van der Waals surface area contributed by atoms with E-state index in [2.05, 4.69) is 207 Å². The fraction of sp³-hybridized carbons (Fsp3) is 0.230. The molecule has 2 nitrogen and oxygen atoms in total. The van der Waals surface area contributed by atoms with E-state index in [0.29, 0.717) is 17.8 Å². The lowest BCUT2D eigenvalue weighted by Gasteiger charge is -2.42. The Labute approximate surface area is 373 Å². The molecule has 1 heterocycles. The Kier molecular flexibility index (Phi) is 9.15. The summed E-state index contributed by atoms with van der Waals surface area (Å²) in [6.07, 6.45) is 24.3. The molecule has 1 saturated carbocycles. The van der Waals surface area contributed by atoms with Gasteiger partial charge in [-0.15, -0.1) is 0 Å². The molecule has 0 amide bonds. The summed E-state index contributed by atoms with van der Waals surface area (Å²) in [5.74, 6) is 2.27. The van der Waals surface area contributed by atoms with Gasteiger partial charge >= 0.3 is 0 Å². The van der Waals surface area contributed by atoms with Gasteiger partial charge in [0, 0.05) is 33.9 Å². The van der Waals surface area contributed by atoms with Crippen LogP contribution in [0, 0.1) is 5.92 Å². The van der Waals surface area contributed by atoms with E-state index in [-0.39, 0.29) is 16.9 Å². The van der Waals surface area contributed by atoms with Gasteiger partial charge in [0.1, 0.15) is 5.84 Å². The summed E-state index contributed by atoms with van der Waals surface area (Å²) < 4.78 is 0. The molecule has 1 aliphatic heterocycles. The number of fused-ring (bicyclic) bond motifs is 8. The smallest absolute Gasteiger partial charge is 0.133 e. The van der Waals surface area contributed by atoms with E-state index in [9.17, 15) is 0 Å². The van der Waals surface area contributed by atoms with Gasteiger partial charge in [0.15, 0.2) is 0 Å². The van der Waals surface area contributed by atoms with Gasteiger partial charge in [0.25, 0.3) is 0 Å². The monoisotopic (exact) mass is 814 g/mol. The van der Waals surface area contributed by atoms with Crippen molar-refractivity contribution in [3.05, 3.63) is 238 Å². The number of nitrogens with zero attached hydrogens (tertiary/aromatic N) is 1. The van der Waals surface area contributed by atoms with E-state index < -0.39 is 0 Å². The third-order valence-corrected chi connectivity index (χ3v) is 15.5. The molecule has 1 spiro atoms. The fourth-order valence-corrected chi connectivity index (χ4v) is 12.4. The number of nitrogens with one attached hydrogen (secondary N) is 1. The van der Waals surface area contributed by atoms with Gasteiger partial charge in [-0.3, -0.25) is 4.99 Å². The lowest BCUT2D eigenvalue weighted by atomic mass is 9.62. The molecule has 63 heavy (non-hydrogen) atoms. The summed E-state index contributed by atoms with van der Waals surface area (Å²) in [5, 5.41) is 3.71. The Balaban J connectivity index is 0.906. The summed E-state index contributed by atoms with van der Waals surface area (Å²) in [5.41, 5.74) is 20.1. The van der Waals surface area contributed by atoms with Crippen molar-refractivity contribution in [3.63, 3.8) is 0 Å². The zero-order valence-electron chi connectivity index (χ0n) is 36.4. The fourth-order valence-electron chi connectivity index (χ4n) is 12.4. The topological polar surface area (TPSA) is 24.4 Å². The maximum Gasteiger partial charge on any atom is 0.133 e. The molecule has 4 unspecified atom stereocenters. The molecular weight excluding hydrogens is 761 g/mol. The SMILES string of the molecule is CC1(C)C2=CC3c4ccccc4C4(CCCCC4)C3C=C2c2c(-c3cccc(-c4cccc(C5C=C(c6ccc(C7C=CC=CC7)cc6)NC(c6ccccc6)=N5)c4)c3)cccc21. The molecule has 5 aliphatic carbocycles. The molecule has 1 N–H and O–H groups in total. The lowest BCUT2D eigenvalue weighted by Crippen LogP contribution is -2.35. The summed E-state index contributed by atoms with van der Waals surface area (Å²) in [6.45, 7) is 4.91. The van der Waals surface area contributed by atoms with Crippen LogP contribution in [0.25, 0.3) is 33.5 Å². The van der Waals surface area contributed by atoms with Gasteiger partial charge in [-0.05, 0) is 116 Å². The second-order valence-electron chi connectivity index (χ2n) is 19.3. The van der Waals surface area contributed by atoms with Gasteiger partial charge in [-0.25, -0.2) is 0 Å². The van der Waals surface area contributed by atoms with Crippen molar-refractivity contribution in [2.45, 2.75) is 81.1 Å². The molecule has 6 aromatic carbocycles. The first-order valence-corrected chi connectivity index (χ1v) is 23.4. The Hall–Kier alpha value is -6.51. The van der Waals surface area contributed by atoms with Gasteiger partial charge in [0.2, 0.25) is 0 Å². The van der Waals surface area contributed by atoms with Crippen LogP contribution in [0.3, 0.4) is 0 Å². The molecule has 1 fully saturated rings. The highest BCUT2D eigenvalue weighted by Crippen LogP contribution is 2.64. The van der Waals surface area contributed by atoms with Gasteiger partial charge in [-0.2, -0.15) is 0 Å². The molecule has 308 valence electrons. The number of aliphatic imine (C=N–C) groups is 1. The van der Waals surface area contributed by atoms with Crippen molar-refractivity contribution >= 4 is 17.1 Å². The van der Waals surface area contributed by atoms with Crippen molar-refractivity contribution in [2.75, 3.05) is 0 Å².